The SMILES string of the molecule is O=C1CCCN1c1ccc(S(=O)(=O)Nc2cccc3cc[nH]c23)cc1. The van der Waals surface area contributed by atoms with E-state index in [4.69, 9.17) is 0 Å². The second-order valence-electron chi connectivity index (χ2n) is 6.00. The van der Waals surface area contributed by atoms with E-state index in [9.17, 15) is 13.2 Å². The van der Waals surface area contributed by atoms with E-state index >= 15 is 0 Å². The molecule has 4 rings (SSSR count). The molecule has 1 aromatic heterocycles. The molecule has 128 valence electrons. The molecule has 2 N–H and O–H groups in total. The molecule has 2 aromatic carbocycles. The second-order valence-corrected chi connectivity index (χ2v) is 7.68. The minimum atomic E-state index is -3.71. The first kappa shape index (κ1) is 15.7. The number of anilines is 2. The standard InChI is InChI=1S/C18H17N3O3S/c22-17-5-2-12-21(17)14-6-8-15(9-7-14)25(23,24)20-16-4-1-3-13-10-11-19-18(13)16/h1,3-4,6-11,19-20H,2,5,12H2. The van der Waals surface area contributed by atoms with E-state index in [1.807, 2.05) is 12.1 Å². The Hall–Kier alpha value is -2.80. The lowest BCUT2D eigenvalue weighted by Crippen LogP contribution is -2.23. The molecule has 0 atom stereocenters. The van der Waals surface area contributed by atoms with Crippen LogP contribution in [0.3, 0.4) is 0 Å². The van der Waals surface area contributed by atoms with Crippen molar-refractivity contribution in [3.8, 4) is 0 Å². The average molecular weight is 355 g/mol. The van der Waals surface area contributed by atoms with E-state index in [1.54, 1.807) is 35.4 Å². The van der Waals surface area contributed by atoms with Gasteiger partial charge in [-0.05, 0) is 42.8 Å². The molecule has 0 radical (unpaired) electrons. The third-order valence-corrected chi connectivity index (χ3v) is 5.75. The van der Waals surface area contributed by atoms with Crippen LogP contribution in [-0.4, -0.2) is 25.9 Å². The van der Waals surface area contributed by atoms with Crippen molar-refractivity contribution in [3.05, 3.63) is 54.7 Å². The first-order chi connectivity index (χ1) is 12.0. The molecule has 1 amide bonds. The van der Waals surface area contributed by atoms with Gasteiger partial charge in [0.05, 0.1) is 16.1 Å². The van der Waals surface area contributed by atoms with Gasteiger partial charge in [0.2, 0.25) is 5.91 Å². The number of sulfonamides is 1. The lowest BCUT2D eigenvalue weighted by atomic mass is 10.2. The Morgan fingerprint density at radius 1 is 1.04 bits per heavy atom. The molecule has 1 fully saturated rings. The molecule has 0 saturated carbocycles. The Morgan fingerprint density at radius 2 is 1.84 bits per heavy atom. The fourth-order valence-corrected chi connectivity index (χ4v) is 4.17. The van der Waals surface area contributed by atoms with Crippen molar-refractivity contribution in [1.29, 1.82) is 0 Å². The third kappa shape index (κ3) is 2.87. The molecule has 0 spiro atoms. The summed E-state index contributed by atoms with van der Waals surface area (Å²) in [6.07, 6.45) is 3.15. The number of aromatic amines is 1. The smallest absolute Gasteiger partial charge is 0.261 e. The summed E-state index contributed by atoms with van der Waals surface area (Å²) < 4.78 is 27.9. The van der Waals surface area contributed by atoms with Gasteiger partial charge in [-0.2, -0.15) is 0 Å². The zero-order valence-corrected chi connectivity index (χ0v) is 14.2. The van der Waals surface area contributed by atoms with Crippen molar-refractivity contribution >= 4 is 38.2 Å². The molecule has 25 heavy (non-hydrogen) atoms. The van der Waals surface area contributed by atoms with Crippen LogP contribution in [0.2, 0.25) is 0 Å². The summed E-state index contributed by atoms with van der Waals surface area (Å²) in [6.45, 7) is 0.679. The fraction of sp³-hybridized carbons (Fsp3) is 0.167. The van der Waals surface area contributed by atoms with E-state index in [0.29, 0.717) is 18.7 Å². The predicted octanol–water partition coefficient (Wildman–Crippen LogP) is 3.10. The number of fused-ring (bicyclic) bond motifs is 1. The van der Waals surface area contributed by atoms with Crippen LogP contribution in [0.5, 0.6) is 0 Å². The van der Waals surface area contributed by atoms with Gasteiger partial charge in [0.1, 0.15) is 0 Å². The number of nitrogens with one attached hydrogen (secondary N) is 2. The highest BCUT2D eigenvalue weighted by Gasteiger charge is 2.22. The van der Waals surface area contributed by atoms with E-state index in [-0.39, 0.29) is 10.8 Å². The summed E-state index contributed by atoms with van der Waals surface area (Å²) in [5, 5.41) is 0.933. The van der Waals surface area contributed by atoms with Gasteiger partial charge in [-0.1, -0.05) is 12.1 Å². The average Bonchev–Trinajstić information content (AvgIpc) is 3.24. The lowest BCUT2D eigenvalue weighted by Gasteiger charge is -2.16. The van der Waals surface area contributed by atoms with Gasteiger partial charge < -0.3 is 9.88 Å². The Bertz CT molecular complexity index is 1040. The molecule has 3 aromatic rings. The van der Waals surface area contributed by atoms with E-state index in [2.05, 4.69) is 9.71 Å². The molecule has 2 heterocycles. The van der Waals surface area contributed by atoms with Gasteiger partial charge in [-0.3, -0.25) is 9.52 Å². The van der Waals surface area contributed by atoms with Gasteiger partial charge in [0, 0.05) is 30.2 Å². The topological polar surface area (TPSA) is 82.3 Å². The van der Waals surface area contributed by atoms with Crippen LogP contribution in [0.25, 0.3) is 10.9 Å². The highest BCUT2D eigenvalue weighted by molar-refractivity contribution is 7.92. The molecule has 1 aliphatic rings. The Balaban J connectivity index is 1.62. The Kier molecular flexibility index (Phi) is 3.73. The minimum Gasteiger partial charge on any atom is -0.359 e. The van der Waals surface area contributed by atoms with Crippen molar-refractivity contribution < 1.29 is 13.2 Å². The zero-order chi connectivity index (χ0) is 17.4. The molecular formula is C18H17N3O3S. The predicted molar refractivity (Wildman–Crippen MR) is 97.1 cm³/mol. The van der Waals surface area contributed by atoms with Crippen LogP contribution < -0.4 is 9.62 Å². The van der Waals surface area contributed by atoms with Gasteiger partial charge in [0.15, 0.2) is 0 Å². The summed E-state index contributed by atoms with van der Waals surface area (Å²) in [7, 11) is -3.71. The number of nitrogens with zero attached hydrogens (tertiary/aromatic N) is 1. The number of H-pyrrole nitrogens is 1. The van der Waals surface area contributed by atoms with Crippen LogP contribution in [0.15, 0.2) is 59.6 Å². The quantitative estimate of drug-likeness (QED) is 0.754. The van der Waals surface area contributed by atoms with Gasteiger partial charge in [-0.15, -0.1) is 0 Å². The number of carbonyl (C=O) groups excluding carboxylic acids is 1. The van der Waals surface area contributed by atoms with Crippen molar-refractivity contribution in [2.45, 2.75) is 17.7 Å². The van der Waals surface area contributed by atoms with Crippen molar-refractivity contribution in [2.75, 3.05) is 16.2 Å². The summed E-state index contributed by atoms with van der Waals surface area (Å²) >= 11 is 0. The van der Waals surface area contributed by atoms with Gasteiger partial charge in [0.25, 0.3) is 10.0 Å². The minimum absolute atomic E-state index is 0.0761. The first-order valence-electron chi connectivity index (χ1n) is 8.04. The highest BCUT2D eigenvalue weighted by atomic mass is 32.2. The van der Waals surface area contributed by atoms with Crippen molar-refractivity contribution in [1.82, 2.24) is 4.98 Å². The molecule has 0 bridgehead atoms. The Morgan fingerprint density at radius 3 is 2.56 bits per heavy atom. The molecule has 7 heteroatoms. The number of amides is 1. The van der Waals surface area contributed by atoms with Crippen LogP contribution >= 0.6 is 0 Å². The number of hydrogen-bond acceptors (Lipinski definition) is 3. The lowest BCUT2D eigenvalue weighted by molar-refractivity contribution is -0.117. The Labute approximate surface area is 145 Å². The first-order valence-corrected chi connectivity index (χ1v) is 9.52. The maximum Gasteiger partial charge on any atom is 0.261 e. The number of hydrogen-bond donors (Lipinski definition) is 2. The summed E-state index contributed by atoms with van der Waals surface area (Å²) in [5.41, 5.74) is 1.97. The number of benzene rings is 2. The molecule has 0 aliphatic carbocycles. The van der Waals surface area contributed by atoms with Gasteiger partial charge >= 0.3 is 0 Å². The monoisotopic (exact) mass is 355 g/mol. The summed E-state index contributed by atoms with van der Waals surface area (Å²) in [5.74, 6) is 0.0761. The second kappa shape index (κ2) is 5.93. The van der Waals surface area contributed by atoms with Crippen LogP contribution in [-0.2, 0) is 14.8 Å². The molecule has 1 aliphatic heterocycles. The van der Waals surface area contributed by atoms with Crippen LogP contribution in [0.1, 0.15) is 12.8 Å². The van der Waals surface area contributed by atoms with E-state index in [1.165, 1.54) is 12.1 Å². The number of carbonyl (C=O) groups is 1. The summed E-state index contributed by atoms with van der Waals surface area (Å²) in [4.78, 5) is 16.7. The zero-order valence-electron chi connectivity index (χ0n) is 13.4. The van der Waals surface area contributed by atoms with Crippen LogP contribution in [0, 0.1) is 0 Å². The third-order valence-electron chi connectivity index (χ3n) is 4.36. The van der Waals surface area contributed by atoms with Gasteiger partial charge in [-0.25, -0.2) is 8.42 Å². The highest BCUT2D eigenvalue weighted by Crippen LogP contribution is 2.26. The maximum atomic E-state index is 12.7. The maximum absolute atomic E-state index is 12.7. The van der Waals surface area contributed by atoms with E-state index < -0.39 is 10.0 Å². The van der Waals surface area contributed by atoms with E-state index in [0.717, 1.165) is 23.0 Å². The largest absolute Gasteiger partial charge is 0.359 e. The van der Waals surface area contributed by atoms with Crippen LogP contribution in [0.4, 0.5) is 11.4 Å². The molecule has 6 nitrogen and oxygen atoms in total. The number of rotatable bonds is 4. The summed E-state index contributed by atoms with van der Waals surface area (Å²) in [6, 6.07) is 13.7. The fourth-order valence-electron chi connectivity index (χ4n) is 3.10. The normalized spacial score (nSPS) is 15.0. The molecule has 0 unspecified atom stereocenters. The number of para-hydroxylation sites is 1. The number of aromatic nitrogens is 1. The molecule has 1 saturated heterocycles. The molecular weight excluding hydrogens is 338 g/mol. The van der Waals surface area contributed by atoms with Crippen molar-refractivity contribution in [3.63, 3.8) is 0 Å². The van der Waals surface area contributed by atoms with Crippen molar-refractivity contribution in [2.24, 2.45) is 0 Å².